The van der Waals surface area contributed by atoms with E-state index >= 15 is 0 Å². The quantitative estimate of drug-likeness (QED) is 0.529. The van der Waals surface area contributed by atoms with Crippen LogP contribution in [-0.2, 0) is 4.79 Å². The van der Waals surface area contributed by atoms with E-state index in [4.69, 9.17) is 0 Å². The van der Waals surface area contributed by atoms with Crippen molar-refractivity contribution in [3.05, 3.63) is 76.3 Å². The lowest BCUT2D eigenvalue weighted by molar-refractivity contribution is -0.119. The molecule has 0 aromatic heterocycles. The number of benzene rings is 3. The minimum atomic E-state index is -0.355. The molecule has 5 nitrogen and oxygen atoms in total. The zero-order valence-corrected chi connectivity index (χ0v) is 15.2. The van der Waals surface area contributed by atoms with Crippen LogP contribution in [-0.4, -0.2) is 24.6 Å². The lowest BCUT2D eigenvalue weighted by Gasteiger charge is -2.16. The second-order valence-electron chi connectivity index (χ2n) is 5.89. The van der Waals surface area contributed by atoms with Crippen LogP contribution in [0.1, 0.15) is 15.9 Å². The van der Waals surface area contributed by atoms with Gasteiger partial charge in [0.2, 0.25) is 0 Å². The Bertz CT molecular complexity index is 1060. The van der Waals surface area contributed by atoms with Crippen LogP contribution in [0.5, 0.6) is 0 Å². The van der Waals surface area contributed by atoms with E-state index in [1.165, 1.54) is 4.90 Å². The second-order valence-corrected chi connectivity index (χ2v) is 6.74. The van der Waals surface area contributed by atoms with E-state index < -0.39 is 0 Å². The van der Waals surface area contributed by atoms with Crippen LogP contribution in [0, 0.1) is 0 Å². The molecule has 6 heteroatoms. The van der Waals surface area contributed by atoms with Crippen molar-refractivity contribution in [1.29, 1.82) is 0 Å². The molecule has 3 aromatic carbocycles. The molecular formula is C20H14BrN3O2. The van der Waals surface area contributed by atoms with Gasteiger partial charge < -0.3 is 0 Å². The summed E-state index contributed by atoms with van der Waals surface area (Å²) < 4.78 is 0.884. The minimum Gasteiger partial charge on any atom is -0.298 e. The zero-order valence-electron chi connectivity index (χ0n) is 13.6. The Balaban J connectivity index is 1.50. The Morgan fingerprint density at radius 3 is 2.65 bits per heavy atom. The van der Waals surface area contributed by atoms with Crippen LogP contribution in [0.4, 0.5) is 5.69 Å². The number of carbonyl (C=O) groups excluding carboxylic acids is 2. The molecule has 0 unspecified atom stereocenters. The molecule has 0 atom stereocenters. The highest BCUT2D eigenvalue weighted by Crippen LogP contribution is 2.36. The summed E-state index contributed by atoms with van der Waals surface area (Å²) in [6, 6.07) is 18.9. The van der Waals surface area contributed by atoms with E-state index in [-0.39, 0.29) is 18.4 Å². The van der Waals surface area contributed by atoms with E-state index in [1.54, 1.807) is 12.3 Å². The van der Waals surface area contributed by atoms with Gasteiger partial charge in [0.05, 0.1) is 11.9 Å². The molecular weight excluding hydrogens is 394 g/mol. The number of nitrogens with one attached hydrogen (secondary N) is 1. The van der Waals surface area contributed by atoms with Gasteiger partial charge in [-0.05, 0) is 23.6 Å². The zero-order chi connectivity index (χ0) is 18.1. The lowest BCUT2D eigenvalue weighted by atomic mass is 10.1. The van der Waals surface area contributed by atoms with Gasteiger partial charge in [-0.3, -0.25) is 14.5 Å². The summed E-state index contributed by atoms with van der Waals surface area (Å²) in [7, 11) is 0. The molecule has 1 N–H and O–H groups in total. The Hall–Kier alpha value is -2.99. The molecule has 1 aliphatic heterocycles. The van der Waals surface area contributed by atoms with E-state index in [9.17, 15) is 9.59 Å². The van der Waals surface area contributed by atoms with Crippen molar-refractivity contribution >= 4 is 50.4 Å². The highest BCUT2D eigenvalue weighted by Gasteiger charge is 2.30. The van der Waals surface area contributed by atoms with Gasteiger partial charge >= 0.3 is 0 Å². The minimum absolute atomic E-state index is 0.0834. The van der Waals surface area contributed by atoms with Crippen molar-refractivity contribution in [2.24, 2.45) is 5.10 Å². The van der Waals surface area contributed by atoms with Crippen molar-refractivity contribution in [3.63, 3.8) is 0 Å². The average Bonchev–Trinajstić information content (AvgIpc) is 2.91. The molecule has 3 aromatic rings. The van der Waals surface area contributed by atoms with E-state index in [0.29, 0.717) is 5.56 Å². The fourth-order valence-corrected chi connectivity index (χ4v) is 3.46. The standard InChI is InChI=1S/C20H14BrN3O2/c21-16-9-2-1-5-14(16)11-22-23-18(25)12-24-17-10-4-7-13-6-3-8-15(19(13)17)20(24)26/h1-11H,12H2,(H,23,25)/b22-11-. The molecule has 26 heavy (non-hydrogen) atoms. The molecule has 4 rings (SSSR count). The molecule has 1 heterocycles. The summed E-state index contributed by atoms with van der Waals surface area (Å²) in [6.07, 6.45) is 1.56. The fourth-order valence-electron chi connectivity index (χ4n) is 3.07. The van der Waals surface area contributed by atoms with E-state index in [1.807, 2.05) is 54.6 Å². The number of carbonyl (C=O) groups is 2. The molecule has 0 aliphatic carbocycles. The molecule has 0 bridgehead atoms. The Morgan fingerprint density at radius 1 is 1.08 bits per heavy atom. The van der Waals surface area contributed by atoms with Gasteiger partial charge in [-0.15, -0.1) is 0 Å². The maximum atomic E-state index is 12.7. The first kappa shape index (κ1) is 16.5. The summed E-state index contributed by atoms with van der Waals surface area (Å²) in [5.41, 5.74) is 4.71. The number of rotatable bonds is 4. The number of hydrogen-bond donors (Lipinski definition) is 1. The van der Waals surface area contributed by atoms with Crippen LogP contribution >= 0.6 is 15.9 Å². The summed E-state index contributed by atoms with van der Waals surface area (Å²) in [4.78, 5) is 26.4. The van der Waals surface area contributed by atoms with Crippen molar-refractivity contribution < 1.29 is 9.59 Å². The van der Waals surface area contributed by atoms with Gasteiger partial charge in [0.25, 0.3) is 11.8 Å². The van der Waals surface area contributed by atoms with Gasteiger partial charge in [-0.2, -0.15) is 5.10 Å². The monoisotopic (exact) mass is 407 g/mol. The summed E-state index contributed by atoms with van der Waals surface area (Å²) in [6.45, 7) is -0.0834. The molecule has 0 spiro atoms. The van der Waals surface area contributed by atoms with Crippen molar-refractivity contribution in [3.8, 4) is 0 Å². The van der Waals surface area contributed by atoms with Crippen LogP contribution in [0.25, 0.3) is 10.8 Å². The molecule has 0 radical (unpaired) electrons. The predicted molar refractivity (Wildman–Crippen MR) is 106 cm³/mol. The number of anilines is 1. The van der Waals surface area contributed by atoms with E-state index in [2.05, 4.69) is 26.5 Å². The topological polar surface area (TPSA) is 61.8 Å². The summed E-state index contributed by atoms with van der Waals surface area (Å²) in [5.74, 6) is -0.520. The molecule has 128 valence electrons. The maximum Gasteiger partial charge on any atom is 0.260 e. The first-order valence-electron chi connectivity index (χ1n) is 8.05. The third-order valence-electron chi connectivity index (χ3n) is 4.25. The smallest absolute Gasteiger partial charge is 0.260 e. The van der Waals surface area contributed by atoms with Crippen LogP contribution in [0.3, 0.4) is 0 Å². The predicted octanol–water partition coefficient (Wildman–Crippen LogP) is 3.71. The van der Waals surface area contributed by atoms with Gasteiger partial charge in [-0.1, -0.05) is 58.4 Å². The summed E-state index contributed by atoms with van der Waals surface area (Å²) in [5, 5.41) is 5.86. The highest BCUT2D eigenvalue weighted by molar-refractivity contribution is 9.10. The molecule has 0 fully saturated rings. The summed E-state index contributed by atoms with van der Waals surface area (Å²) >= 11 is 3.42. The number of hydrogen-bond acceptors (Lipinski definition) is 3. The SMILES string of the molecule is O=C(CN1C(=O)c2cccc3cccc1c23)N/N=C\c1ccccc1Br. The Labute approximate surface area is 158 Å². The number of nitrogens with zero attached hydrogens (tertiary/aromatic N) is 2. The normalized spacial score (nSPS) is 13.0. The van der Waals surface area contributed by atoms with Crippen LogP contribution < -0.4 is 10.3 Å². The molecule has 1 aliphatic rings. The number of hydrazone groups is 1. The maximum absolute atomic E-state index is 12.7. The van der Waals surface area contributed by atoms with Gasteiger partial charge in [0, 0.05) is 21.0 Å². The average molecular weight is 408 g/mol. The second kappa shape index (κ2) is 6.72. The first-order chi connectivity index (χ1) is 12.6. The van der Waals surface area contributed by atoms with Crippen molar-refractivity contribution in [2.45, 2.75) is 0 Å². The largest absolute Gasteiger partial charge is 0.298 e. The molecule has 0 saturated carbocycles. The van der Waals surface area contributed by atoms with Crippen LogP contribution in [0.2, 0.25) is 0 Å². The Morgan fingerprint density at radius 2 is 1.85 bits per heavy atom. The third kappa shape index (κ3) is 2.88. The van der Waals surface area contributed by atoms with Gasteiger partial charge in [-0.25, -0.2) is 5.43 Å². The molecule has 0 saturated heterocycles. The third-order valence-corrected chi connectivity index (χ3v) is 4.97. The highest BCUT2D eigenvalue weighted by atomic mass is 79.9. The van der Waals surface area contributed by atoms with Crippen molar-refractivity contribution in [2.75, 3.05) is 11.4 Å². The van der Waals surface area contributed by atoms with Gasteiger partial charge in [0.1, 0.15) is 6.54 Å². The van der Waals surface area contributed by atoms with Gasteiger partial charge in [0.15, 0.2) is 0 Å². The number of amides is 2. The first-order valence-corrected chi connectivity index (χ1v) is 8.84. The van der Waals surface area contributed by atoms with Crippen LogP contribution in [0.15, 0.2) is 70.2 Å². The number of halogens is 1. The van der Waals surface area contributed by atoms with Crippen molar-refractivity contribution in [1.82, 2.24) is 5.43 Å². The molecule has 2 amide bonds. The lowest BCUT2D eigenvalue weighted by Crippen LogP contribution is -2.37. The Kier molecular flexibility index (Phi) is 4.26. The van der Waals surface area contributed by atoms with E-state index in [0.717, 1.165) is 26.5 Å². The fraction of sp³-hybridized carbons (Fsp3) is 0.0500.